The second-order valence-electron chi connectivity index (χ2n) is 13.6. The highest BCUT2D eigenvalue weighted by atomic mass is 16.2. The maximum atomic E-state index is 12.7. The molecule has 0 heterocycles. The molecule has 0 rings (SSSR count). The average Bonchev–Trinajstić information content (AvgIpc) is 3.01. The highest BCUT2D eigenvalue weighted by molar-refractivity contribution is 5.84. The Hall–Kier alpha value is -1.22. The second kappa shape index (κ2) is 36.3. The molecule has 0 aliphatic carbocycles. The zero-order chi connectivity index (χ0) is 33.0. The lowest BCUT2D eigenvalue weighted by Crippen LogP contribution is -2.50. The molecule has 44 heavy (non-hydrogen) atoms. The molecule has 260 valence electrons. The summed E-state index contributed by atoms with van der Waals surface area (Å²) < 4.78 is -0.0766. The predicted molar refractivity (Wildman–Crippen MR) is 197 cm³/mol. The van der Waals surface area contributed by atoms with Gasteiger partial charge < -0.3 is 0 Å². The van der Waals surface area contributed by atoms with Gasteiger partial charge in [0.1, 0.15) is 0 Å². The number of carbonyl (C=O) groups is 2. The van der Waals surface area contributed by atoms with Crippen molar-refractivity contribution in [2.45, 2.75) is 214 Å². The van der Waals surface area contributed by atoms with Gasteiger partial charge in [-0.2, -0.15) is 0 Å². The lowest BCUT2D eigenvalue weighted by molar-refractivity contribution is -0.736. The van der Waals surface area contributed by atoms with Gasteiger partial charge in [-0.25, -0.2) is 14.1 Å². The van der Waals surface area contributed by atoms with Crippen LogP contribution in [0.2, 0.25) is 0 Å². The molecule has 0 radical (unpaired) electrons. The zero-order valence-corrected chi connectivity index (χ0v) is 31.1. The van der Waals surface area contributed by atoms with E-state index < -0.39 is 0 Å². The van der Waals surface area contributed by atoms with Crippen molar-refractivity contribution in [2.75, 3.05) is 14.1 Å². The number of hydrogen-bond donors (Lipinski definition) is 0. The Morgan fingerprint density at radius 2 is 0.614 bits per heavy atom. The van der Waals surface area contributed by atoms with Crippen LogP contribution in [0.5, 0.6) is 0 Å². The molecule has 0 bridgehead atoms. The minimum atomic E-state index is -0.0766. The smallest absolute Gasteiger partial charge is 0.230 e. The molecular formula is C41H80NO2+. The van der Waals surface area contributed by atoms with E-state index in [9.17, 15) is 9.59 Å². The van der Waals surface area contributed by atoms with Crippen LogP contribution in [0.4, 0.5) is 0 Å². The van der Waals surface area contributed by atoms with Crippen molar-refractivity contribution in [3.63, 3.8) is 0 Å². The normalized spacial score (nSPS) is 11.8. The second-order valence-corrected chi connectivity index (χ2v) is 13.6. The molecule has 0 saturated heterocycles. The molecule has 2 amide bonds. The fraction of sp³-hybridized carbons (Fsp3) is 0.854. The van der Waals surface area contributed by atoms with E-state index in [1.165, 1.54) is 148 Å². The molecule has 0 aromatic carbocycles. The zero-order valence-electron chi connectivity index (χ0n) is 31.1. The molecule has 0 aromatic heterocycles. The fourth-order valence-electron chi connectivity index (χ4n) is 5.39. The van der Waals surface area contributed by atoms with E-state index in [0.717, 1.165) is 25.7 Å². The van der Waals surface area contributed by atoms with E-state index in [1.54, 1.807) is 14.1 Å². The molecular weight excluding hydrogens is 538 g/mol. The molecule has 3 heteroatoms. The summed E-state index contributed by atoms with van der Waals surface area (Å²) in [5.74, 6) is 0.167. The van der Waals surface area contributed by atoms with Crippen molar-refractivity contribution in [1.29, 1.82) is 0 Å². The number of carbonyl (C=O) groups excluding carboxylic acids is 2. The summed E-state index contributed by atoms with van der Waals surface area (Å²) >= 11 is 0. The van der Waals surface area contributed by atoms with Crippen LogP contribution in [0.15, 0.2) is 24.3 Å². The summed E-state index contributed by atoms with van der Waals surface area (Å²) in [7, 11) is 3.58. The number of rotatable bonds is 30. The van der Waals surface area contributed by atoms with Gasteiger partial charge in [0.15, 0.2) is 0 Å². The average molecular weight is 619 g/mol. The molecule has 0 saturated carbocycles. The molecule has 0 fully saturated rings. The standard InChI is InChI=1S/C38H72NO2.C3H8/c1-5-7-9-11-13-15-17-19-21-23-25-27-29-31-33-35-37(40)39(3,4)38(41)36-34-32-30-28-26-24-22-20-18-16-14-12-10-8-6-2;1-3-2/h19-22H,5-18,23-36H2,1-4H3;3H2,1-2H3/q+1;. The SMILES string of the molecule is CCC.CCCCCCCCC=CCCCCCCCC(=O)[N+](C)(C)C(=O)CCCCCCCC=CCCCCCCCC. The van der Waals surface area contributed by atoms with Gasteiger partial charge >= 0.3 is 11.8 Å². The maximum absolute atomic E-state index is 12.7. The van der Waals surface area contributed by atoms with Crippen LogP contribution in [0.1, 0.15) is 214 Å². The number of unbranched alkanes of at least 4 members (excludes halogenated alkanes) is 22. The first-order valence-electron chi connectivity index (χ1n) is 19.6. The van der Waals surface area contributed by atoms with E-state index in [-0.39, 0.29) is 16.3 Å². The van der Waals surface area contributed by atoms with E-state index in [4.69, 9.17) is 0 Å². The first kappa shape index (κ1) is 44.9. The summed E-state index contributed by atoms with van der Waals surface area (Å²) in [5, 5.41) is 0. The number of allylic oxidation sites excluding steroid dienone is 4. The van der Waals surface area contributed by atoms with E-state index in [2.05, 4.69) is 52.0 Å². The third-order valence-corrected chi connectivity index (χ3v) is 8.55. The van der Waals surface area contributed by atoms with E-state index in [0.29, 0.717) is 12.8 Å². The third-order valence-electron chi connectivity index (χ3n) is 8.55. The van der Waals surface area contributed by atoms with Gasteiger partial charge in [-0.05, 0) is 64.2 Å². The minimum Gasteiger partial charge on any atom is -0.230 e. The Morgan fingerprint density at radius 1 is 0.386 bits per heavy atom. The van der Waals surface area contributed by atoms with Crippen LogP contribution in [0, 0.1) is 0 Å². The first-order chi connectivity index (χ1) is 21.4. The third kappa shape index (κ3) is 32.2. The van der Waals surface area contributed by atoms with Gasteiger partial charge in [0.2, 0.25) is 0 Å². The minimum absolute atomic E-state index is 0.0766. The largest absolute Gasteiger partial charge is 0.320 e. The molecule has 0 unspecified atom stereocenters. The highest BCUT2D eigenvalue weighted by Gasteiger charge is 2.33. The Morgan fingerprint density at radius 3 is 0.886 bits per heavy atom. The van der Waals surface area contributed by atoms with E-state index >= 15 is 0 Å². The molecule has 0 N–H and O–H groups in total. The van der Waals surface area contributed by atoms with Crippen LogP contribution in [-0.4, -0.2) is 30.4 Å². The van der Waals surface area contributed by atoms with Crippen LogP contribution in [0.3, 0.4) is 0 Å². The lowest BCUT2D eigenvalue weighted by Gasteiger charge is -2.24. The molecule has 3 nitrogen and oxygen atoms in total. The summed E-state index contributed by atoms with van der Waals surface area (Å²) in [6, 6.07) is 0. The van der Waals surface area contributed by atoms with Gasteiger partial charge in [0.05, 0.1) is 26.9 Å². The first-order valence-corrected chi connectivity index (χ1v) is 19.6. The van der Waals surface area contributed by atoms with Crippen molar-refractivity contribution in [1.82, 2.24) is 0 Å². The van der Waals surface area contributed by atoms with Gasteiger partial charge in [-0.15, -0.1) is 0 Å². The molecule has 0 atom stereocenters. The van der Waals surface area contributed by atoms with Crippen molar-refractivity contribution in [3.8, 4) is 0 Å². The Bertz CT molecular complexity index is 610. The van der Waals surface area contributed by atoms with Gasteiger partial charge in [0, 0.05) is 0 Å². The van der Waals surface area contributed by atoms with Crippen molar-refractivity contribution >= 4 is 11.8 Å². The topological polar surface area (TPSA) is 34.1 Å². The summed E-state index contributed by atoms with van der Waals surface area (Å²) in [6.45, 7) is 8.79. The molecule has 0 spiro atoms. The van der Waals surface area contributed by atoms with Crippen molar-refractivity contribution in [2.24, 2.45) is 0 Å². The van der Waals surface area contributed by atoms with Gasteiger partial charge in [-0.1, -0.05) is 161 Å². The summed E-state index contributed by atoms with van der Waals surface area (Å²) in [4.78, 5) is 25.5. The molecule has 0 aromatic rings. The lowest BCUT2D eigenvalue weighted by atomic mass is 10.1. The predicted octanol–water partition coefficient (Wildman–Crippen LogP) is 13.6. The van der Waals surface area contributed by atoms with Gasteiger partial charge in [-0.3, -0.25) is 0 Å². The number of hydrogen-bond acceptors (Lipinski definition) is 2. The summed E-state index contributed by atoms with van der Waals surface area (Å²) in [5.41, 5.74) is 0. The van der Waals surface area contributed by atoms with Crippen LogP contribution < -0.4 is 0 Å². The van der Waals surface area contributed by atoms with Crippen LogP contribution >= 0.6 is 0 Å². The number of amides is 2. The quantitative estimate of drug-likeness (QED) is 0.0456. The molecule has 0 aliphatic rings. The number of nitrogens with zero attached hydrogens (tertiary/aromatic N) is 1. The number of quaternary nitrogens is 1. The van der Waals surface area contributed by atoms with Crippen molar-refractivity contribution in [3.05, 3.63) is 24.3 Å². The number of imide groups is 1. The Kier molecular flexibility index (Phi) is 37.0. The van der Waals surface area contributed by atoms with Crippen LogP contribution in [0.25, 0.3) is 0 Å². The fourth-order valence-corrected chi connectivity index (χ4v) is 5.39. The van der Waals surface area contributed by atoms with E-state index in [1.807, 2.05) is 0 Å². The monoisotopic (exact) mass is 619 g/mol. The van der Waals surface area contributed by atoms with Crippen LogP contribution in [-0.2, 0) is 9.59 Å². The van der Waals surface area contributed by atoms with Crippen molar-refractivity contribution < 1.29 is 14.1 Å². The Labute approximate surface area is 277 Å². The summed E-state index contributed by atoms with van der Waals surface area (Å²) in [6.07, 6.45) is 44.4. The molecule has 0 aliphatic heterocycles. The highest BCUT2D eigenvalue weighted by Crippen LogP contribution is 2.15. The maximum Gasteiger partial charge on any atom is 0.320 e. The Balaban J connectivity index is 0. The van der Waals surface area contributed by atoms with Gasteiger partial charge in [0.25, 0.3) is 0 Å².